The summed E-state index contributed by atoms with van der Waals surface area (Å²) < 4.78 is 0. The molecule has 0 atom stereocenters. The second-order valence-corrected chi connectivity index (χ2v) is 3.32. The van der Waals surface area contributed by atoms with Crippen molar-refractivity contribution in [2.75, 3.05) is 5.43 Å². The number of anilines is 1. The zero-order chi connectivity index (χ0) is 15.3. The molecule has 0 amide bonds. The molecule has 0 aliphatic carbocycles. The highest BCUT2D eigenvalue weighted by Crippen LogP contribution is 2.29. The molecule has 11 nitrogen and oxygen atoms in total. The third kappa shape index (κ3) is 3.23. The van der Waals surface area contributed by atoms with Crippen LogP contribution >= 0.6 is 0 Å². The lowest BCUT2D eigenvalue weighted by Gasteiger charge is -2.01. The van der Waals surface area contributed by atoms with E-state index in [4.69, 9.17) is 16.4 Å². The Morgan fingerprint density at radius 1 is 1.35 bits per heavy atom. The van der Waals surface area contributed by atoms with E-state index < -0.39 is 32.8 Å². The lowest BCUT2D eigenvalue weighted by molar-refractivity contribution is -0.422. The van der Waals surface area contributed by atoms with Crippen molar-refractivity contribution in [3.63, 3.8) is 0 Å². The normalized spacial score (nSPS) is 10.4. The summed E-state index contributed by atoms with van der Waals surface area (Å²) >= 11 is 0. The number of nitrogens with one attached hydrogen (secondary N) is 2. The van der Waals surface area contributed by atoms with Gasteiger partial charge >= 0.3 is 11.4 Å². The summed E-state index contributed by atoms with van der Waals surface area (Å²) in [6.45, 7) is 0. The monoisotopic (exact) mass is 277 g/mol. The molecule has 11 heteroatoms. The van der Waals surface area contributed by atoms with Crippen LogP contribution in [-0.2, 0) is 0 Å². The molecule has 0 aliphatic heterocycles. The standard InChI is InChI=1S/C9H7N7O4/c10-4-6(9(11)12)14-13-5-1-2-7(15(17)18)8(3-5)16(19)20/h1-3,13H,(H3,11,12)/b14-6+. The topological polar surface area (TPSA) is 184 Å². The van der Waals surface area contributed by atoms with Crippen LogP contribution < -0.4 is 11.2 Å². The molecular weight excluding hydrogens is 270 g/mol. The molecule has 0 radical (unpaired) electrons. The summed E-state index contributed by atoms with van der Waals surface area (Å²) in [4.78, 5) is 19.5. The van der Waals surface area contributed by atoms with Gasteiger partial charge in [0.1, 0.15) is 6.07 Å². The van der Waals surface area contributed by atoms with E-state index in [9.17, 15) is 20.2 Å². The summed E-state index contributed by atoms with van der Waals surface area (Å²) in [6, 6.07) is 4.52. The van der Waals surface area contributed by atoms with Crippen molar-refractivity contribution in [3.05, 3.63) is 38.4 Å². The fourth-order valence-corrected chi connectivity index (χ4v) is 1.16. The Morgan fingerprint density at radius 3 is 2.40 bits per heavy atom. The SMILES string of the molecule is N#C/C(=N\Nc1ccc([N+](=O)[O-])c([N+](=O)[O-])c1)C(=N)N. The minimum Gasteiger partial charge on any atom is -0.382 e. The maximum atomic E-state index is 10.7. The van der Waals surface area contributed by atoms with Crippen LogP contribution in [0.1, 0.15) is 0 Å². The molecule has 20 heavy (non-hydrogen) atoms. The molecule has 4 N–H and O–H groups in total. The molecule has 0 bridgehead atoms. The van der Waals surface area contributed by atoms with Crippen LogP contribution in [0.3, 0.4) is 0 Å². The van der Waals surface area contributed by atoms with Crippen LogP contribution in [0.2, 0.25) is 0 Å². The first-order valence-corrected chi connectivity index (χ1v) is 4.88. The minimum atomic E-state index is -0.913. The van der Waals surface area contributed by atoms with E-state index in [1.165, 1.54) is 12.1 Å². The molecule has 1 aromatic carbocycles. The number of nitrogens with zero attached hydrogens (tertiary/aromatic N) is 4. The van der Waals surface area contributed by atoms with Crippen molar-refractivity contribution < 1.29 is 9.85 Å². The van der Waals surface area contributed by atoms with E-state index in [1.807, 2.05) is 0 Å². The average Bonchev–Trinajstić information content (AvgIpc) is 2.38. The van der Waals surface area contributed by atoms with Gasteiger partial charge in [-0.3, -0.25) is 31.1 Å². The number of nitriles is 1. The average molecular weight is 277 g/mol. The van der Waals surface area contributed by atoms with Gasteiger partial charge in [-0.25, -0.2) is 0 Å². The quantitative estimate of drug-likeness (QED) is 0.306. The second kappa shape index (κ2) is 5.87. The Bertz CT molecular complexity index is 661. The number of nitrogens with two attached hydrogens (primary N) is 1. The lowest BCUT2D eigenvalue weighted by atomic mass is 10.2. The van der Waals surface area contributed by atoms with Crippen LogP contribution in [0, 0.1) is 37.0 Å². The van der Waals surface area contributed by atoms with Crippen LogP contribution in [0.4, 0.5) is 17.1 Å². The number of hydrazone groups is 1. The lowest BCUT2D eigenvalue weighted by Crippen LogP contribution is -2.21. The Balaban J connectivity index is 3.14. The number of benzene rings is 1. The summed E-state index contributed by atoms with van der Waals surface area (Å²) in [7, 11) is 0. The maximum Gasteiger partial charge on any atom is 0.348 e. The Kier molecular flexibility index (Phi) is 4.26. The van der Waals surface area contributed by atoms with Crippen molar-refractivity contribution in [2.24, 2.45) is 10.8 Å². The number of rotatable bonds is 5. The Labute approximate surface area is 111 Å². The predicted octanol–water partition coefficient (Wildman–Crippen LogP) is 0.730. The van der Waals surface area contributed by atoms with E-state index in [-0.39, 0.29) is 5.69 Å². The van der Waals surface area contributed by atoms with Gasteiger partial charge in [-0.1, -0.05) is 0 Å². The fourth-order valence-electron chi connectivity index (χ4n) is 1.16. The highest BCUT2D eigenvalue weighted by Gasteiger charge is 2.24. The molecule has 1 aromatic rings. The third-order valence-corrected chi connectivity index (χ3v) is 2.03. The van der Waals surface area contributed by atoms with Crippen molar-refractivity contribution in [2.45, 2.75) is 0 Å². The second-order valence-electron chi connectivity index (χ2n) is 3.32. The molecule has 102 valence electrons. The molecule has 0 saturated carbocycles. The molecule has 1 rings (SSSR count). The zero-order valence-electron chi connectivity index (χ0n) is 9.73. The van der Waals surface area contributed by atoms with Gasteiger partial charge in [0, 0.05) is 12.1 Å². The van der Waals surface area contributed by atoms with E-state index in [2.05, 4.69) is 10.5 Å². The molecule has 0 aromatic heterocycles. The van der Waals surface area contributed by atoms with Gasteiger partial charge in [-0.05, 0) is 6.07 Å². The van der Waals surface area contributed by atoms with Crippen molar-refractivity contribution in [1.82, 2.24) is 0 Å². The van der Waals surface area contributed by atoms with Gasteiger partial charge in [0.15, 0.2) is 5.84 Å². The molecule has 0 unspecified atom stereocenters. The van der Waals surface area contributed by atoms with Gasteiger partial charge in [0.05, 0.1) is 15.5 Å². The van der Waals surface area contributed by atoms with E-state index in [0.717, 1.165) is 12.1 Å². The maximum absolute atomic E-state index is 10.7. The molecule has 0 heterocycles. The largest absolute Gasteiger partial charge is 0.382 e. The summed E-state index contributed by atoms with van der Waals surface area (Å²) in [6.07, 6.45) is 0. The van der Waals surface area contributed by atoms with Crippen LogP contribution in [-0.4, -0.2) is 21.4 Å². The van der Waals surface area contributed by atoms with Crippen LogP contribution in [0.15, 0.2) is 23.3 Å². The molecular formula is C9H7N7O4. The number of hydrogen-bond donors (Lipinski definition) is 3. The molecule has 0 saturated heterocycles. The highest BCUT2D eigenvalue weighted by atomic mass is 16.6. The summed E-state index contributed by atoms with van der Waals surface area (Å²) in [5.74, 6) is -0.587. The zero-order valence-corrected chi connectivity index (χ0v) is 9.73. The number of amidine groups is 1. The van der Waals surface area contributed by atoms with Gasteiger partial charge in [-0.15, -0.1) is 0 Å². The fraction of sp³-hybridized carbons (Fsp3) is 0. The number of hydrogen-bond acceptors (Lipinski definition) is 8. The predicted molar refractivity (Wildman–Crippen MR) is 68.3 cm³/mol. The van der Waals surface area contributed by atoms with E-state index in [0.29, 0.717) is 0 Å². The van der Waals surface area contributed by atoms with Crippen LogP contribution in [0.5, 0.6) is 0 Å². The van der Waals surface area contributed by atoms with Gasteiger partial charge in [0.25, 0.3) is 0 Å². The summed E-state index contributed by atoms with van der Waals surface area (Å²) in [5, 5.41) is 40.4. The van der Waals surface area contributed by atoms with Crippen molar-refractivity contribution in [3.8, 4) is 6.07 Å². The number of nitro benzene ring substituents is 2. The first kappa shape index (κ1) is 14.5. The van der Waals surface area contributed by atoms with Crippen LogP contribution in [0.25, 0.3) is 0 Å². The van der Waals surface area contributed by atoms with E-state index in [1.54, 1.807) is 0 Å². The molecule has 0 aliphatic rings. The summed E-state index contributed by atoms with van der Waals surface area (Å²) in [5.41, 5.74) is 5.52. The van der Waals surface area contributed by atoms with Crippen molar-refractivity contribution >= 4 is 28.6 Å². The van der Waals surface area contributed by atoms with Gasteiger partial charge in [0.2, 0.25) is 5.71 Å². The Hall–Kier alpha value is -3.55. The molecule has 0 spiro atoms. The van der Waals surface area contributed by atoms with E-state index >= 15 is 0 Å². The Morgan fingerprint density at radius 2 is 1.95 bits per heavy atom. The number of nitro groups is 2. The molecule has 0 fully saturated rings. The highest BCUT2D eigenvalue weighted by molar-refractivity contribution is 6.45. The van der Waals surface area contributed by atoms with Gasteiger partial charge < -0.3 is 5.73 Å². The van der Waals surface area contributed by atoms with Gasteiger partial charge in [-0.2, -0.15) is 10.4 Å². The third-order valence-electron chi connectivity index (χ3n) is 2.03. The van der Waals surface area contributed by atoms with Crippen molar-refractivity contribution in [1.29, 1.82) is 10.7 Å². The first-order valence-electron chi connectivity index (χ1n) is 4.88. The first-order chi connectivity index (χ1) is 9.36. The smallest absolute Gasteiger partial charge is 0.348 e. The minimum absolute atomic E-state index is 0.0382.